The van der Waals surface area contributed by atoms with Gasteiger partial charge in [-0.1, -0.05) is 11.6 Å². The smallest absolute Gasteiger partial charge is 0.137 e. The maximum absolute atomic E-state index is 10.1. The molecule has 0 amide bonds. The molecule has 1 aliphatic heterocycles. The summed E-state index contributed by atoms with van der Waals surface area (Å²) in [5.74, 6) is 2.09. The van der Waals surface area contributed by atoms with E-state index in [1.165, 1.54) is 25.8 Å². The molecule has 3 rings (SSSR count). The Morgan fingerprint density at radius 1 is 1.44 bits per heavy atom. The monoisotopic (exact) mass is 250 g/mol. The summed E-state index contributed by atoms with van der Waals surface area (Å²) in [7, 11) is 0. The first-order chi connectivity index (χ1) is 8.70. The minimum atomic E-state index is -0.213. The van der Waals surface area contributed by atoms with Crippen molar-refractivity contribution < 1.29 is 9.63 Å². The Morgan fingerprint density at radius 2 is 2.28 bits per heavy atom. The van der Waals surface area contributed by atoms with Gasteiger partial charge in [0.25, 0.3) is 0 Å². The van der Waals surface area contributed by atoms with Gasteiger partial charge in [-0.3, -0.25) is 0 Å². The molecule has 2 atom stereocenters. The first kappa shape index (κ1) is 12.2. The van der Waals surface area contributed by atoms with Crippen LogP contribution in [0.5, 0.6) is 0 Å². The van der Waals surface area contributed by atoms with Crippen molar-refractivity contribution in [1.29, 1.82) is 0 Å². The fraction of sp³-hybridized carbons (Fsp3) is 0.786. The highest BCUT2D eigenvalue weighted by molar-refractivity contribution is 5.05. The van der Waals surface area contributed by atoms with Crippen molar-refractivity contribution in [2.45, 2.75) is 38.7 Å². The fourth-order valence-corrected chi connectivity index (χ4v) is 3.10. The molecule has 1 saturated carbocycles. The number of aliphatic hydroxyl groups excluding tert-OH is 1. The Kier molecular flexibility index (Phi) is 3.39. The lowest BCUT2D eigenvalue weighted by Gasteiger charge is -2.29. The van der Waals surface area contributed by atoms with E-state index in [0.29, 0.717) is 5.92 Å². The number of hydrogen-bond donors (Lipinski definition) is 1. The fourth-order valence-electron chi connectivity index (χ4n) is 3.10. The predicted molar refractivity (Wildman–Crippen MR) is 68.2 cm³/mol. The van der Waals surface area contributed by atoms with Gasteiger partial charge in [-0.15, -0.1) is 0 Å². The molecule has 0 spiro atoms. The van der Waals surface area contributed by atoms with Crippen LogP contribution < -0.4 is 0 Å². The third-order valence-electron chi connectivity index (χ3n) is 4.36. The molecule has 2 heterocycles. The minimum absolute atomic E-state index is 0.213. The Morgan fingerprint density at radius 3 is 2.89 bits per heavy atom. The average molecular weight is 250 g/mol. The average Bonchev–Trinajstić information content (AvgIpc) is 2.81. The zero-order valence-electron chi connectivity index (χ0n) is 11.0. The second-order valence-electron chi connectivity index (χ2n) is 5.98. The molecule has 0 radical (unpaired) electrons. The normalized spacial score (nSPS) is 29.7. The first-order valence-electron chi connectivity index (χ1n) is 7.03. The van der Waals surface area contributed by atoms with Crippen LogP contribution in [0.2, 0.25) is 0 Å². The van der Waals surface area contributed by atoms with Crippen LogP contribution in [0, 0.1) is 18.8 Å². The van der Waals surface area contributed by atoms with Crippen LogP contribution in [-0.4, -0.2) is 40.9 Å². The molecule has 100 valence electrons. The molecule has 1 saturated heterocycles. The lowest BCUT2D eigenvalue weighted by atomic mass is 9.85. The van der Waals surface area contributed by atoms with Gasteiger partial charge in [0.15, 0.2) is 0 Å². The highest BCUT2D eigenvalue weighted by atomic mass is 16.5. The maximum Gasteiger partial charge on any atom is 0.137 e. The molecule has 1 aliphatic carbocycles. The summed E-state index contributed by atoms with van der Waals surface area (Å²) >= 11 is 0. The summed E-state index contributed by atoms with van der Waals surface area (Å²) in [6.07, 6.45) is 4.73. The molecular weight excluding hydrogens is 228 g/mol. The van der Waals surface area contributed by atoms with E-state index in [1.54, 1.807) is 0 Å². The molecule has 4 nitrogen and oxygen atoms in total. The van der Waals surface area contributed by atoms with E-state index in [1.807, 2.05) is 13.0 Å². The van der Waals surface area contributed by atoms with Crippen LogP contribution in [0.1, 0.15) is 30.7 Å². The summed E-state index contributed by atoms with van der Waals surface area (Å²) < 4.78 is 5.24. The van der Waals surface area contributed by atoms with Crippen molar-refractivity contribution >= 4 is 0 Å². The van der Waals surface area contributed by atoms with Crippen molar-refractivity contribution in [3.63, 3.8) is 0 Å². The maximum atomic E-state index is 10.1. The molecule has 4 heteroatoms. The van der Waals surface area contributed by atoms with Crippen LogP contribution in [-0.2, 0) is 6.42 Å². The SMILES string of the molecule is Cc1cc(C[C@@H]2CN(CC3CCC3)C[C@H]2O)on1. The van der Waals surface area contributed by atoms with E-state index in [-0.39, 0.29) is 6.10 Å². The number of likely N-dealkylation sites (tertiary alicyclic amines) is 1. The van der Waals surface area contributed by atoms with Gasteiger partial charge in [0, 0.05) is 38.0 Å². The standard InChI is InChI=1S/C14H22N2O2/c1-10-5-13(18-15-10)6-12-8-16(9-14(12)17)7-11-3-2-4-11/h5,11-12,14,17H,2-4,6-9H2,1H3/t12-,14-/m1/s1. The highest BCUT2D eigenvalue weighted by Gasteiger charge is 2.34. The summed E-state index contributed by atoms with van der Waals surface area (Å²) in [5, 5.41) is 14.0. The van der Waals surface area contributed by atoms with E-state index in [4.69, 9.17) is 4.52 Å². The van der Waals surface area contributed by atoms with Crippen LogP contribution in [0.3, 0.4) is 0 Å². The predicted octanol–water partition coefficient (Wildman–Crippen LogP) is 1.62. The third kappa shape index (κ3) is 2.59. The topological polar surface area (TPSA) is 49.5 Å². The van der Waals surface area contributed by atoms with Gasteiger partial charge in [-0.2, -0.15) is 0 Å². The largest absolute Gasteiger partial charge is 0.391 e. The second kappa shape index (κ2) is 5.02. The Hall–Kier alpha value is -0.870. The van der Waals surface area contributed by atoms with E-state index in [9.17, 15) is 5.11 Å². The van der Waals surface area contributed by atoms with Crippen LogP contribution in [0.15, 0.2) is 10.6 Å². The van der Waals surface area contributed by atoms with E-state index in [2.05, 4.69) is 10.1 Å². The van der Waals surface area contributed by atoms with Gasteiger partial charge in [0.2, 0.25) is 0 Å². The van der Waals surface area contributed by atoms with E-state index >= 15 is 0 Å². The van der Waals surface area contributed by atoms with Crippen LogP contribution >= 0.6 is 0 Å². The second-order valence-corrected chi connectivity index (χ2v) is 5.98. The van der Waals surface area contributed by atoms with Crippen molar-refractivity contribution in [2.75, 3.05) is 19.6 Å². The van der Waals surface area contributed by atoms with Gasteiger partial charge in [-0.05, 0) is 25.7 Å². The van der Waals surface area contributed by atoms with Crippen LogP contribution in [0.25, 0.3) is 0 Å². The molecule has 18 heavy (non-hydrogen) atoms. The number of rotatable bonds is 4. The van der Waals surface area contributed by atoms with E-state index in [0.717, 1.165) is 36.9 Å². The van der Waals surface area contributed by atoms with Crippen molar-refractivity contribution in [2.24, 2.45) is 11.8 Å². The molecule has 1 aromatic rings. The Balaban J connectivity index is 1.53. The number of hydrogen-bond acceptors (Lipinski definition) is 4. The molecule has 1 aromatic heterocycles. The third-order valence-corrected chi connectivity index (χ3v) is 4.36. The summed E-state index contributed by atoms with van der Waals surface area (Å²) in [5.41, 5.74) is 0.920. The molecule has 0 aromatic carbocycles. The summed E-state index contributed by atoms with van der Waals surface area (Å²) in [6, 6.07) is 1.97. The van der Waals surface area contributed by atoms with Gasteiger partial charge in [0.05, 0.1) is 11.8 Å². The Labute approximate surface area is 108 Å². The molecular formula is C14H22N2O2. The lowest BCUT2D eigenvalue weighted by molar-refractivity contribution is 0.133. The van der Waals surface area contributed by atoms with Gasteiger partial charge < -0.3 is 14.5 Å². The quantitative estimate of drug-likeness (QED) is 0.882. The number of aryl methyl sites for hydroxylation is 1. The molecule has 1 N–H and O–H groups in total. The van der Waals surface area contributed by atoms with Crippen molar-refractivity contribution in [3.05, 3.63) is 17.5 Å². The number of aliphatic hydroxyl groups is 1. The summed E-state index contributed by atoms with van der Waals surface area (Å²) in [4.78, 5) is 2.42. The highest BCUT2D eigenvalue weighted by Crippen LogP contribution is 2.30. The molecule has 0 unspecified atom stereocenters. The zero-order chi connectivity index (χ0) is 12.5. The van der Waals surface area contributed by atoms with Crippen LogP contribution in [0.4, 0.5) is 0 Å². The summed E-state index contributed by atoms with van der Waals surface area (Å²) in [6.45, 7) is 4.93. The van der Waals surface area contributed by atoms with Gasteiger partial charge in [-0.25, -0.2) is 0 Å². The number of β-amino-alcohol motifs (C(OH)–C–C–N with tert-alkyl or cyclic N) is 1. The lowest BCUT2D eigenvalue weighted by Crippen LogP contribution is -2.31. The number of aromatic nitrogens is 1. The zero-order valence-corrected chi connectivity index (χ0v) is 11.0. The minimum Gasteiger partial charge on any atom is -0.391 e. The molecule has 0 bridgehead atoms. The number of nitrogens with zero attached hydrogens (tertiary/aromatic N) is 2. The van der Waals surface area contributed by atoms with E-state index < -0.39 is 0 Å². The van der Waals surface area contributed by atoms with Gasteiger partial charge in [0.1, 0.15) is 5.76 Å². The first-order valence-corrected chi connectivity index (χ1v) is 7.03. The molecule has 2 fully saturated rings. The Bertz CT molecular complexity index is 400. The van der Waals surface area contributed by atoms with Gasteiger partial charge >= 0.3 is 0 Å². The molecule has 2 aliphatic rings. The van der Waals surface area contributed by atoms with Crippen molar-refractivity contribution in [1.82, 2.24) is 10.1 Å². The van der Waals surface area contributed by atoms with Crippen molar-refractivity contribution in [3.8, 4) is 0 Å².